The van der Waals surface area contributed by atoms with Crippen molar-refractivity contribution in [2.75, 3.05) is 6.61 Å². The minimum Gasteiger partial charge on any atom is -0.504 e. The second-order valence-electron chi connectivity index (χ2n) is 3.14. The molecule has 0 amide bonds. The zero-order valence-electron chi connectivity index (χ0n) is 8.58. The van der Waals surface area contributed by atoms with E-state index in [1.54, 1.807) is 0 Å². The van der Waals surface area contributed by atoms with E-state index in [2.05, 4.69) is 4.74 Å². The van der Waals surface area contributed by atoms with Gasteiger partial charge in [0.15, 0.2) is 17.2 Å². The van der Waals surface area contributed by atoms with Crippen molar-refractivity contribution in [1.82, 2.24) is 0 Å². The number of hydrogen-bond donors (Lipinski definition) is 4. The molecule has 0 unspecified atom stereocenters. The first-order valence-corrected chi connectivity index (χ1v) is 4.55. The number of phenols is 3. The van der Waals surface area contributed by atoms with Crippen molar-refractivity contribution in [2.24, 2.45) is 0 Å². The number of aliphatic carboxylic acids is 1. The van der Waals surface area contributed by atoms with Crippen LogP contribution in [0.1, 0.15) is 16.8 Å². The predicted octanol–water partition coefficient (Wildman–Crippen LogP) is 0.435. The molecule has 0 aliphatic rings. The number of ether oxygens (including phenoxy) is 1. The smallest absolute Gasteiger partial charge is 0.338 e. The summed E-state index contributed by atoms with van der Waals surface area (Å²) in [6, 6.07) is 1.80. The first-order chi connectivity index (χ1) is 7.91. The van der Waals surface area contributed by atoms with Gasteiger partial charge in [-0.1, -0.05) is 0 Å². The highest BCUT2D eigenvalue weighted by molar-refractivity contribution is 5.91. The van der Waals surface area contributed by atoms with E-state index in [0.29, 0.717) is 0 Å². The van der Waals surface area contributed by atoms with Gasteiger partial charge >= 0.3 is 11.9 Å². The van der Waals surface area contributed by atoms with E-state index in [-0.39, 0.29) is 18.6 Å². The average Bonchev–Trinajstić information content (AvgIpc) is 2.24. The molecule has 92 valence electrons. The van der Waals surface area contributed by atoms with Crippen LogP contribution in [0.15, 0.2) is 12.1 Å². The SMILES string of the molecule is O=C(O)CCOC(=O)c1cc(O)c(O)c(O)c1. The van der Waals surface area contributed by atoms with Gasteiger partial charge in [-0.2, -0.15) is 0 Å². The minimum atomic E-state index is -1.12. The van der Waals surface area contributed by atoms with Gasteiger partial charge in [0, 0.05) is 0 Å². The van der Waals surface area contributed by atoms with Crippen LogP contribution in [0.3, 0.4) is 0 Å². The van der Waals surface area contributed by atoms with Gasteiger partial charge in [-0.3, -0.25) is 4.79 Å². The fraction of sp³-hybridized carbons (Fsp3) is 0.200. The monoisotopic (exact) mass is 242 g/mol. The van der Waals surface area contributed by atoms with Crippen molar-refractivity contribution >= 4 is 11.9 Å². The number of esters is 1. The predicted molar refractivity (Wildman–Crippen MR) is 54.0 cm³/mol. The highest BCUT2D eigenvalue weighted by Gasteiger charge is 2.14. The normalized spacial score (nSPS) is 9.88. The molecule has 1 aromatic carbocycles. The van der Waals surface area contributed by atoms with Gasteiger partial charge in [0.05, 0.1) is 12.0 Å². The van der Waals surface area contributed by atoms with Crippen LogP contribution < -0.4 is 0 Å². The Balaban J connectivity index is 2.73. The Morgan fingerprint density at radius 2 is 1.65 bits per heavy atom. The Hall–Kier alpha value is -2.44. The van der Waals surface area contributed by atoms with Crippen molar-refractivity contribution in [1.29, 1.82) is 0 Å². The van der Waals surface area contributed by atoms with Crippen LogP contribution >= 0.6 is 0 Å². The fourth-order valence-electron chi connectivity index (χ4n) is 1.04. The molecule has 0 saturated heterocycles. The standard InChI is InChI=1S/C10H10O7/c11-6-3-5(4-7(12)9(6)15)10(16)17-2-1-8(13)14/h3-4,11-12,15H,1-2H2,(H,13,14). The second-order valence-corrected chi connectivity index (χ2v) is 3.14. The van der Waals surface area contributed by atoms with Crippen molar-refractivity contribution in [3.63, 3.8) is 0 Å². The third kappa shape index (κ3) is 3.26. The maximum Gasteiger partial charge on any atom is 0.338 e. The number of carbonyl (C=O) groups is 2. The van der Waals surface area contributed by atoms with Crippen LogP contribution in [0.2, 0.25) is 0 Å². The molecule has 4 N–H and O–H groups in total. The zero-order chi connectivity index (χ0) is 13.0. The average molecular weight is 242 g/mol. The van der Waals surface area contributed by atoms with Crippen LogP contribution in [0, 0.1) is 0 Å². The molecule has 7 heteroatoms. The maximum atomic E-state index is 11.3. The van der Waals surface area contributed by atoms with Gasteiger partial charge in [0.25, 0.3) is 0 Å². The van der Waals surface area contributed by atoms with Gasteiger partial charge in [-0.25, -0.2) is 4.79 Å². The summed E-state index contributed by atoms with van der Waals surface area (Å²) in [5.74, 6) is -4.11. The van der Waals surface area contributed by atoms with Crippen molar-refractivity contribution in [3.05, 3.63) is 17.7 Å². The molecule has 1 rings (SSSR count). The summed E-state index contributed by atoms with van der Waals surface area (Å²) in [7, 11) is 0. The molecule has 7 nitrogen and oxygen atoms in total. The van der Waals surface area contributed by atoms with E-state index in [0.717, 1.165) is 12.1 Å². The quantitative estimate of drug-likeness (QED) is 0.445. The molecule has 0 radical (unpaired) electrons. The number of benzene rings is 1. The van der Waals surface area contributed by atoms with Gasteiger partial charge in [0.1, 0.15) is 6.61 Å². The van der Waals surface area contributed by atoms with Crippen molar-refractivity contribution in [2.45, 2.75) is 6.42 Å². The summed E-state index contributed by atoms with van der Waals surface area (Å²) in [5.41, 5.74) is -0.191. The number of carbonyl (C=O) groups excluding carboxylic acids is 1. The molecule has 0 saturated carbocycles. The first-order valence-electron chi connectivity index (χ1n) is 4.55. The molecule has 0 aromatic heterocycles. The highest BCUT2D eigenvalue weighted by Crippen LogP contribution is 2.35. The second kappa shape index (κ2) is 5.06. The summed E-state index contributed by atoms with van der Waals surface area (Å²) >= 11 is 0. The molecule has 0 bridgehead atoms. The molecule has 17 heavy (non-hydrogen) atoms. The molecule has 0 spiro atoms. The number of carboxylic acid groups (broad SMARTS) is 1. The summed E-state index contributed by atoms with van der Waals surface area (Å²) in [6.45, 7) is -0.323. The lowest BCUT2D eigenvalue weighted by atomic mass is 10.2. The van der Waals surface area contributed by atoms with Gasteiger partial charge in [-0.05, 0) is 12.1 Å². The van der Waals surface area contributed by atoms with Crippen LogP contribution in [0.4, 0.5) is 0 Å². The Labute approximate surface area is 95.5 Å². The third-order valence-electron chi connectivity index (χ3n) is 1.85. The van der Waals surface area contributed by atoms with E-state index in [1.807, 2.05) is 0 Å². The molecule has 0 aliphatic carbocycles. The van der Waals surface area contributed by atoms with Crippen LogP contribution in [-0.4, -0.2) is 39.0 Å². The number of carboxylic acids is 1. The summed E-state index contributed by atoms with van der Waals surface area (Å²) in [6.07, 6.45) is -0.345. The minimum absolute atomic E-state index is 0.191. The summed E-state index contributed by atoms with van der Waals surface area (Å²) in [4.78, 5) is 21.5. The summed E-state index contributed by atoms with van der Waals surface area (Å²) < 4.78 is 4.57. The molecule has 0 fully saturated rings. The van der Waals surface area contributed by atoms with E-state index in [4.69, 9.17) is 20.4 Å². The number of rotatable bonds is 4. The molecular weight excluding hydrogens is 232 g/mol. The van der Waals surface area contributed by atoms with Crippen molar-refractivity contribution < 1.29 is 34.8 Å². The molecular formula is C10H10O7. The maximum absolute atomic E-state index is 11.3. The Morgan fingerprint density at radius 1 is 1.12 bits per heavy atom. The molecule has 0 heterocycles. The van der Waals surface area contributed by atoms with Crippen molar-refractivity contribution in [3.8, 4) is 17.2 Å². The van der Waals surface area contributed by atoms with E-state index in [9.17, 15) is 9.59 Å². The Morgan fingerprint density at radius 3 is 2.12 bits per heavy atom. The van der Waals surface area contributed by atoms with Crippen LogP contribution in [0.5, 0.6) is 17.2 Å². The van der Waals surface area contributed by atoms with Gasteiger partial charge in [-0.15, -0.1) is 0 Å². The van der Waals surface area contributed by atoms with E-state index in [1.165, 1.54) is 0 Å². The number of hydrogen-bond acceptors (Lipinski definition) is 6. The van der Waals surface area contributed by atoms with Gasteiger partial charge < -0.3 is 25.2 Å². The molecule has 0 atom stereocenters. The van der Waals surface area contributed by atoms with Gasteiger partial charge in [0.2, 0.25) is 0 Å². The lowest BCUT2D eigenvalue weighted by Gasteiger charge is -2.06. The third-order valence-corrected chi connectivity index (χ3v) is 1.85. The van der Waals surface area contributed by atoms with Crippen LogP contribution in [-0.2, 0) is 9.53 Å². The Bertz CT molecular complexity index is 429. The lowest BCUT2D eigenvalue weighted by molar-refractivity contribution is -0.137. The largest absolute Gasteiger partial charge is 0.504 e. The molecule has 1 aromatic rings. The lowest BCUT2D eigenvalue weighted by Crippen LogP contribution is -2.09. The fourth-order valence-corrected chi connectivity index (χ4v) is 1.04. The zero-order valence-corrected chi connectivity index (χ0v) is 8.58. The number of phenolic OH excluding ortho intramolecular Hbond substituents is 3. The van der Waals surface area contributed by atoms with Crippen LogP contribution in [0.25, 0.3) is 0 Å². The van der Waals surface area contributed by atoms with E-state index >= 15 is 0 Å². The number of aromatic hydroxyl groups is 3. The molecule has 0 aliphatic heterocycles. The van der Waals surface area contributed by atoms with E-state index < -0.39 is 29.2 Å². The summed E-state index contributed by atoms with van der Waals surface area (Å²) in [5, 5.41) is 35.6. The Kier molecular flexibility index (Phi) is 3.76. The highest BCUT2D eigenvalue weighted by atomic mass is 16.5. The topological polar surface area (TPSA) is 124 Å². The first kappa shape index (κ1) is 12.6.